The third-order valence-corrected chi connectivity index (χ3v) is 2.47. The molecular weight excluding hydrogens is 228 g/mol. The topological polar surface area (TPSA) is 69.9 Å². The van der Waals surface area contributed by atoms with Gasteiger partial charge in [-0.05, 0) is 6.92 Å². The Morgan fingerprint density at radius 2 is 2.44 bits per heavy atom. The molecule has 0 amide bonds. The monoisotopic (exact) mass is 238 g/mol. The van der Waals surface area contributed by atoms with Crippen LogP contribution in [-0.2, 0) is 11.8 Å². The molecule has 0 radical (unpaired) electrons. The van der Waals surface area contributed by atoms with E-state index in [1.807, 2.05) is 5.38 Å². The van der Waals surface area contributed by atoms with E-state index in [0.717, 1.165) is 0 Å². The molecule has 0 saturated heterocycles. The summed E-state index contributed by atoms with van der Waals surface area (Å²) in [4.78, 5) is 19.6. The SMILES string of the molecule is CCOC(=O)c1nc(-c2cscn2)n(C)n1. The molecule has 0 atom stereocenters. The summed E-state index contributed by atoms with van der Waals surface area (Å²) in [6.45, 7) is 2.05. The lowest BCUT2D eigenvalue weighted by atomic mass is 10.4. The number of aryl methyl sites for hydroxylation is 1. The van der Waals surface area contributed by atoms with Crippen LogP contribution in [-0.4, -0.2) is 32.3 Å². The third-order valence-electron chi connectivity index (χ3n) is 1.88. The molecule has 2 aromatic heterocycles. The first-order valence-electron chi connectivity index (χ1n) is 4.69. The van der Waals surface area contributed by atoms with E-state index in [0.29, 0.717) is 18.1 Å². The van der Waals surface area contributed by atoms with Crippen molar-refractivity contribution in [1.82, 2.24) is 19.7 Å². The van der Waals surface area contributed by atoms with Gasteiger partial charge in [0.2, 0.25) is 0 Å². The third kappa shape index (κ3) is 1.94. The lowest BCUT2D eigenvalue weighted by molar-refractivity contribution is 0.0512. The lowest BCUT2D eigenvalue weighted by Gasteiger charge is -1.94. The number of hydrogen-bond donors (Lipinski definition) is 0. The Morgan fingerprint density at radius 1 is 1.62 bits per heavy atom. The van der Waals surface area contributed by atoms with Gasteiger partial charge in [0.15, 0.2) is 5.82 Å². The molecule has 0 N–H and O–H groups in total. The molecule has 2 heterocycles. The Balaban J connectivity index is 2.32. The second kappa shape index (κ2) is 4.40. The summed E-state index contributed by atoms with van der Waals surface area (Å²) in [7, 11) is 1.71. The first-order chi connectivity index (χ1) is 7.72. The van der Waals surface area contributed by atoms with Crippen LogP contribution in [0.5, 0.6) is 0 Å². The minimum absolute atomic E-state index is 0.0624. The van der Waals surface area contributed by atoms with Gasteiger partial charge in [0.25, 0.3) is 5.82 Å². The summed E-state index contributed by atoms with van der Waals surface area (Å²) in [5.41, 5.74) is 2.41. The van der Waals surface area contributed by atoms with E-state index in [1.54, 1.807) is 19.5 Å². The van der Waals surface area contributed by atoms with Crippen LogP contribution >= 0.6 is 11.3 Å². The fraction of sp³-hybridized carbons (Fsp3) is 0.333. The lowest BCUT2D eigenvalue weighted by Crippen LogP contribution is -2.07. The van der Waals surface area contributed by atoms with E-state index in [1.165, 1.54) is 16.0 Å². The molecule has 0 bridgehead atoms. The summed E-state index contributed by atoms with van der Waals surface area (Å²) in [5, 5.41) is 5.83. The molecule has 6 nitrogen and oxygen atoms in total. The molecule has 0 fully saturated rings. The number of thiazole rings is 1. The van der Waals surface area contributed by atoms with Crippen LogP contribution in [0, 0.1) is 0 Å². The van der Waals surface area contributed by atoms with Gasteiger partial charge < -0.3 is 4.74 Å². The number of rotatable bonds is 3. The van der Waals surface area contributed by atoms with Crippen molar-refractivity contribution in [2.75, 3.05) is 6.61 Å². The van der Waals surface area contributed by atoms with Crippen molar-refractivity contribution in [3.05, 3.63) is 16.7 Å². The molecule has 0 aromatic carbocycles. The molecule has 16 heavy (non-hydrogen) atoms. The number of nitrogens with zero attached hydrogens (tertiary/aromatic N) is 4. The highest BCUT2D eigenvalue weighted by Gasteiger charge is 2.17. The summed E-state index contributed by atoms with van der Waals surface area (Å²) < 4.78 is 6.33. The van der Waals surface area contributed by atoms with Gasteiger partial charge in [-0.3, -0.25) is 0 Å². The Labute approximate surface area is 95.9 Å². The van der Waals surface area contributed by atoms with Crippen LogP contribution in [0.3, 0.4) is 0 Å². The Kier molecular flexibility index (Phi) is 2.95. The van der Waals surface area contributed by atoms with E-state index < -0.39 is 5.97 Å². The fourth-order valence-corrected chi connectivity index (χ4v) is 1.74. The van der Waals surface area contributed by atoms with Crippen molar-refractivity contribution < 1.29 is 9.53 Å². The molecule has 0 aliphatic heterocycles. The molecule has 0 saturated carbocycles. The Bertz CT molecular complexity index is 492. The Morgan fingerprint density at radius 3 is 3.06 bits per heavy atom. The molecule has 84 valence electrons. The number of hydrogen-bond acceptors (Lipinski definition) is 6. The number of aromatic nitrogens is 4. The highest BCUT2D eigenvalue weighted by molar-refractivity contribution is 7.07. The van der Waals surface area contributed by atoms with E-state index in [-0.39, 0.29) is 5.82 Å². The maximum atomic E-state index is 11.4. The first-order valence-corrected chi connectivity index (χ1v) is 5.63. The first kappa shape index (κ1) is 10.7. The summed E-state index contributed by atoms with van der Waals surface area (Å²) in [5.74, 6) is 0.108. The van der Waals surface area contributed by atoms with Gasteiger partial charge in [-0.25, -0.2) is 14.5 Å². The van der Waals surface area contributed by atoms with Crippen LogP contribution in [0.25, 0.3) is 11.5 Å². The van der Waals surface area contributed by atoms with Crippen molar-refractivity contribution in [3.8, 4) is 11.5 Å². The molecule has 0 aliphatic rings. The standard InChI is InChI=1S/C9H10N4O2S/c1-3-15-9(14)7-11-8(13(2)12-7)6-4-16-5-10-6/h4-5H,3H2,1-2H3. The van der Waals surface area contributed by atoms with E-state index in [4.69, 9.17) is 4.74 Å². The van der Waals surface area contributed by atoms with E-state index >= 15 is 0 Å². The molecule has 0 aliphatic carbocycles. The second-order valence-electron chi connectivity index (χ2n) is 2.98. The van der Waals surface area contributed by atoms with Gasteiger partial charge >= 0.3 is 5.97 Å². The van der Waals surface area contributed by atoms with Crippen molar-refractivity contribution in [3.63, 3.8) is 0 Å². The number of carbonyl (C=O) groups is 1. The normalized spacial score (nSPS) is 10.4. The largest absolute Gasteiger partial charge is 0.460 e. The number of ether oxygens (including phenoxy) is 1. The zero-order valence-electron chi connectivity index (χ0n) is 8.88. The molecule has 7 heteroatoms. The van der Waals surface area contributed by atoms with E-state index in [2.05, 4.69) is 15.1 Å². The van der Waals surface area contributed by atoms with Crippen LogP contribution < -0.4 is 0 Å². The summed E-state index contributed by atoms with van der Waals surface area (Å²) in [6, 6.07) is 0. The fourth-order valence-electron chi connectivity index (χ4n) is 1.21. The zero-order valence-corrected chi connectivity index (χ0v) is 9.69. The molecule has 0 spiro atoms. The highest BCUT2D eigenvalue weighted by atomic mass is 32.1. The van der Waals surface area contributed by atoms with Gasteiger partial charge in [-0.15, -0.1) is 16.4 Å². The van der Waals surface area contributed by atoms with Crippen molar-refractivity contribution in [2.45, 2.75) is 6.92 Å². The number of carbonyl (C=O) groups excluding carboxylic acids is 1. The molecule has 0 unspecified atom stereocenters. The number of esters is 1. The van der Waals surface area contributed by atoms with Crippen LogP contribution in [0.1, 0.15) is 17.5 Å². The Hall–Kier alpha value is -1.76. The van der Waals surface area contributed by atoms with Crippen LogP contribution in [0.4, 0.5) is 0 Å². The average molecular weight is 238 g/mol. The van der Waals surface area contributed by atoms with Gasteiger partial charge in [0.05, 0.1) is 12.1 Å². The minimum atomic E-state index is -0.514. The van der Waals surface area contributed by atoms with Gasteiger partial charge in [-0.1, -0.05) is 0 Å². The maximum Gasteiger partial charge on any atom is 0.378 e. The summed E-state index contributed by atoms with van der Waals surface area (Å²) in [6.07, 6.45) is 0. The summed E-state index contributed by atoms with van der Waals surface area (Å²) >= 11 is 1.46. The van der Waals surface area contributed by atoms with Crippen molar-refractivity contribution >= 4 is 17.3 Å². The zero-order chi connectivity index (χ0) is 11.5. The smallest absolute Gasteiger partial charge is 0.378 e. The highest BCUT2D eigenvalue weighted by Crippen LogP contribution is 2.16. The maximum absolute atomic E-state index is 11.4. The second-order valence-corrected chi connectivity index (χ2v) is 3.70. The van der Waals surface area contributed by atoms with Crippen LogP contribution in [0.2, 0.25) is 0 Å². The predicted molar refractivity (Wildman–Crippen MR) is 58.1 cm³/mol. The van der Waals surface area contributed by atoms with E-state index in [9.17, 15) is 4.79 Å². The molecule has 2 rings (SSSR count). The molecule has 2 aromatic rings. The van der Waals surface area contributed by atoms with Gasteiger partial charge in [-0.2, -0.15) is 4.98 Å². The minimum Gasteiger partial charge on any atom is -0.460 e. The van der Waals surface area contributed by atoms with Crippen LogP contribution in [0.15, 0.2) is 10.9 Å². The predicted octanol–water partition coefficient (Wildman–Crippen LogP) is 1.12. The average Bonchev–Trinajstić information content (AvgIpc) is 2.86. The quantitative estimate of drug-likeness (QED) is 0.749. The van der Waals surface area contributed by atoms with Crippen molar-refractivity contribution in [1.29, 1.82) is 0 Å². The molecular formula is C9H10N4O2S. The van der Waals surface area contributed by atoms with Crippen molar-refractivity contribution in [2.24, 2.45) is 7.05 Å². The van der Waals surface area contributed by atoms with Gasteiger partial charge in [0.1, 0.15) is 5.69 Å². The van der Waals surface area contributed by atoms with Gasteiger partial charge in [0, 0.05) is 12.4 Å².